The van der Waals surface area contributed by atoms with E-state index in [-0.39, 0.29) is 16.1 Å². The molecule has 0 radical (unpaired) electrons. The molecule has 1 fully saturated rings. The molecular weight excluding hydrogens is 325 g/mol. The summed E-state index contributed by atoms with van der Waals surface area (Å²) in [7, 11) is 0. The molecule has 1 saturated heterocycles. The Morgan fingerprint density at radius 3 is 2.45 bits per heavy atom. The lowest BCUT2D eigenvalue weighted by molar-refractivity contribution is -0.146. The van der Waals surface area contributed by atoms with Crippen molar-refractivity contribution in [3.05, 3.63) is 40.6 Å². The number of rotatable bonds is 4. The minimum Gasteiger partial charge on any atom is -0.480 e. The fourth-order valence-electron chi connectivity index (χ4n) is 2.12. The second kappa shape index (κ2) is 6.58. The summed E-state index contributed by atoms with van der Waals surface area (Å²) in [6.45, 7) is 3.45. The van der Waals surface area contributed by atoms with Crippen molar-refractivity contribution in [1.29, 1.82) is 0 Å². The first-order chi connectivity index (χ1) is 10.3. The van der Waals surface area contributed by atoms with Crippen LogP contribution < -0.4 is 0 Å². The maximum atomic E-state index is 12.9. The number of amides is 1. The number of hydrogen-bond acceptors (Lipinski definition) is 4. The minimum absolute atomic E-state index is 0.222. The first-order valence-corrected chi connectivity index (χ1v) is 7.79. The van der Waals surface area contributed by atoms with E-state index >= 15 is 0 Å². The molecule has 1 unspecified atom stereocenters. The van der Waals surface area contributed by atoms with Crippen LogP contribution >= 0.6 is 24.0 Å². The van der Waals surface area contributed by atoms with Crippen LogP contribution in [0, 0.1) is 11.7 Å². The molecule has 2 rings (SSSR count). The predicted octanol–water partition coefficient (Wildman–Crippen LogP) is 3.14. The van der Waals surface area contributed by atoms with Crippen LogP contribution in [0.25, 0.3) is 6.08 Å². The summed E-state index contributed by atoms with van der Waals surface area (Å²) >= 11 is 6.21. The Balaban J connectivity index is 2.32. The summed E-state index contributed by atoms with van der Waals surface area (Å²) in [5.41, 5.74) is 0.651. The van der Waals surface area contributed by atoms with Crippen molar-refractivity contribution in [2.45, 2.75) is 19.9 Å². The van der Waals surface area contributed by atoms with E-state index < -0.39 is 17.9 Å². The molecule has 0 spiro atoms. The SMILES string of the molecule is CC(C)C(C(=O)O)N1C(=O)C(=Cc2ccc(F)cc2)SC1=S. The molecular formula is C15H14FNO3S2. The van der Waals surface area contributed by atoms with E-state index in [1.165, 1.54) is 12.1 Å². The molecule has 0 aromatic heterocycles. The van der Waals surface area contributed by atoms with E-state index in [4.69, 9.17) is 12.2 Å². The van der Waals surface area contributed by atoms with Crippen molar-refractivity contribution in [3.8, 4) is 0 Å². The quantitative estimate of drug-likeness (QED) is 0.675. The van der Waals surface area contributed by atoms with Gasteiger partial charge in [0, 0.05) is 0 Å². The van der Waals surface area contributed by atoms with Crippen molar-refractivity contribution in [2.75, 3.05) is 0 Å². The fourth-order valence-corrected chi connectivity index (χ4v) is 3.45. The zero-order valence-corrected chi connectivity index (χ0v) is 13.6. The van der Waals surface area contributed by atoms with Gasteiger partial charge in [-0.2, -0.15) is 0 Å². The third-order valence-corrected chi connectivity index (χ3v) is 4.48. The molecule has 0 aliphatic carbocycles. The molecule has 4 nitrogen and oxygen atoms in total. The molecule has 1 aliphatic heterocycles. The van der Waals surface area contributed by atoms with E-state index in [0.717, 1.165) is 16.7 Å². The summed E-state index contributed by atoms with van der Waals surface area (Å²) in [4.78, 5) is 25.3. The molecule has 0 saturated carbocycles. The monoisotopic (exact) mass is 339 g/mol. The number of benzene rings is 1. The van der Waals surface area contributed by atoms with Crippen molar-refractivity contribution >= 4 is 46.3 Å². The highest BCUT2D eigenvalue weighted by Gasteiger charge is 2.41. The molecule has 1 amide bonds. The van der Waals surface area contributed by atoms with Gasteiger partial charge in [-0.15, -0.1) is 0 Å². The highest BCUT2D eigenvalue weighted by Crippen LogP contribution is 2.35. The molecule has 1 aromatic rings. The number of thiocarbonyl (C=S) groups is 1. The molecule has 1 aliphatic rings. The van der Waals surface area contributed by atoms with Gasteiger partial charge in [0.25, 0.3) is 5.91 Å². The maximum absolute atomic E-state index is 12.9. The zero-order valence-electron chi connectivity index (χ0n) is 11.9. The van der Waals surface area contributed by atoms with Crippen LogP contribution in [0.5, 0.6) is 0 Å². The smallest absolute Gasteiger partial charge is 0.327 e. The highest BCUT2D eigenvalue weighted by atomic mass is 32.2. The van der Waals surface area contributed by atoms with E-state index in [1.54, 1.807) is 32.1 Å². The number of carboxylic acid groups (broad SMARTS) is 1. The summed E-state index contributed by atoms with van der Waals surface area (Å²) in [5.74, 6) is -2.16. The lowest BCUT2D eigenvalue weighted by atomic mass is 10.0. The minimum atomic E-state index is -1.09. The first kappa shape index (κ1) is 16.6. The van der Waals surface area contributed by atoms with Crippen LogP contribution in [0.2, 0.25) is 0 Å². The van der Waals surface area contributed by atoms with Crippen LogP contribution in [0.4, 0.5) is 4.39 Å². The van der Waals surface area contributed by atoms with Crippen LogP contribution in [-0.2, 0) is 9.59 Å². The summed E-state index contributed by atoms with van der Waals surface area (Å²) in [6, 6.07) is 4.67. The van der Waals surface area contributed by atoms with E-state index in [0.29, 0.717) is 10.5 Å². The van der Waals surface area contributed by atoms with Crippen molar-refractivity contribution in [2.24, 2.45) is 5.92 Å². The van der Waals surface area contributed by atoms with Gasteiger partial charge in [0.1, 0.15) is 16.2 Å². The number of halogens is 1. The Labute approximate surface area is 137 Å². The Kier molecular flexibility index (Phi) is 4.97. The fraction of sp³-hybridized carbons (Fsp3) is 0.267. The number of carbonyl (C=O) groups excluding carboxylic acids is 1. The zero-order chi connectivity index (χ0) is 16.4. The lowest BCUT2D eigenvalue weighted by Crippen LogP contribution is -2.47. The summed E-state index contributed by atoms with van der Waals surface area (Å²) in [6.07, 6.45) is 1.58. The van der Waals surface area contributed by atoms with Crippen molar-refractivity contribution in [3.63, 3.8) is 0 Å². The van der Waals surface area contributed by atoms with Gasteiger partial charge < -0.3 is 5.11 Å². The second-order valence-corrected chi connectivity index (χ2v) is 6.81. The van der Waals surface area contributed by atoms with Crippen LogP contribution in [0.1, 0.15) is 19.4 Å². The second-order valence-electron chi connectivity index (χ2n) is 5.13. The molecule has 116 valence electrons. The molecule has 22 heavy (non-hydrogen) atoms. The molecule has 1 heterocycles. The Morgan fingerprint density at radius 2 is 1.95 bits per heavy atom. The average molecular weight is 339 g/mol. The number of thioether (sulfide) groups is 1. The third-order valence-electron chi connectivity index (χ3n) is 3.15. The summed E-state index contributed by atoms with van der Waals surface area (Å²) < 4.78 is 13.1. The van der Waals surface area contributed by atoms with Crippen LogP contribution in [0.15, 0.2) is 29.2 Å². The molecule has 7 heteroatoms. The largest absolute Gasteiger partial charge is 0.480 e. The number of aliphatic carboxylic acids is 1. The normalized spacial score (nSPS) is 18.4. The Bertz CT molecular complexity index is 655. The van der Waals surface area contributed by atoms with Crippen molar-refractivity contribution < 1.29 is 19.1 Å². The van der Waals surface area contributed by atoms with Gasteiger partial charge in [0.2, 0.25) is 0 Å². The van der Waals surface area contributed by atoms with E-state index in [2.05, 4.69) is 0 Å². The molecule has 1 N–H and O–H groups in total. The molecule has 0 bridgehead atoms. The first-order valence-electron chi connectivity index (χ1n) is 6.56. The molecule has 1 atom stereocenters. The maximum Gasteiger partial charge on any atom is 0.327 e. The highest BCUT2D eigenvalue weighted by molar-refractivity contribution is 8.26. The van der Waals surface area contributed by atoms with E-state index in [9.17, 15) is 19.1 Å². The Morgan fingerprint density at radius 1 is 1.36 bits per heavy atom. The van der Waals surface area contributed by atoms with Crippen molar-refractivity contribution in [1.82, 2.24) is 4.90 Å². The van der Waals surface area contributed by atoms with Gasteiger partial charge >= 0.3 is 5.97 Å². The van der Waals surface area contributed by atoms with Gasteiger partial charge in [0.05, 0.1) is 4.91 Å². The Hall–Kier alpha value is -1.73. The van der Waals surface area contributed by atoms with Gasteiger partial charge in [-0.1, -0.05) is 50.0 Å². The third kappa shape index (κ3) is 3.36. The van der Waals surface area contributed by atoms with Crippen LogP contribution in [-0.4, -0.2) is 32.2 Å². The van der Waals surface area contributed by atoms with E-state index in [1.807, 2.05) is 0 Å². The number of carbonyl (C=O) groups is 2. The molecule has 1 aromatic carbocycles. The number of nitrogens with zero attached hydrogens (tertiary/aromatic N) is 1. The summed E-state index contributed by atoms with van der Waals surface area (Å²) in [5, 5.41) is 9.32. The lowest BCUT2D eigenvalue weighted by Gasteiger charge is -2.26. The van der Waals surface area contributed by atoms with Gasteiger partial charge in [-0.05, 0) is 29.7 Å². The standard InChI is InChI=1S/C15H14FNO3S2/c1-8(2)12(14(19)20)17-13(18)11(22-15(17)21)7-9-3-5-10(16)6-4-9/h3-8,12H,1-2H3,(H,19,20). The average Bonchev–Trinajstić information content (AvgIpc) is 2.69. The topological polar surface area (TPSA) is 57.6 Å². The number of hydrogen-bond donors (Lipinski definition) is 1. The predicted molar refractivity (Wildman–Crippen MR) is 87.7 cm³/mol. The van der Waals surface area contributed by atoms with Gasteiger partial charge in [0.15, 0.2) is 0 Å². The van der Waals surface area contributed by atoms with Gasteiger partial charge in [-0.25, -0.2) is 9.18 Å². The van der Waals surface area contributed by atoms with Crippen LogP contribution in [0.3, 0.4) is 0 Å². The number of carboxylic acids is 1. The van der Waals surface area contributed by atoms with Gasteiger partial charge in [-0.3, -0.25) is 9.69 Å².